The summed E-state index contributed by atoms with van der Waals surface area (Å²) < 4.78 is 11.3. The van der Waals surface area contributed by atoms with Gasteiger partial charge in [0.25, 0.3) is 0 Å². The largest absolute Gasteiger partial charge is 0.490 e. The number of ether oxygens (including phenoxy) is 2. The number of hydrogen-bond donors (Lipinski definition) is 2. The molecule has 1 aliphatic heterocycles. The van der Waals surface area contributed by atoms with Gasteiger partial charge in [-0.1, -0.05) is 6.07 Å². The van der Waals surface area contributed by atoms with Gasteiger partial charge in [-0.05, 0) is 43.3 Å². The van der Waals surface area contributed by atoms with Crippen molar-refractivity contribution in [1.29, 1.82) is 0 Å². The van der Waals surface area contributed by atoms with Crippen LogP contribution in [0.4, 0.5) is 11.4 Å². The van der Waals surface area contributed by atoms with Gasteiger partial charge in [0.05, 0.1) is 24.4 Å². The Morgan fingerprint density at radius 2 is 1.93 bits per heavy atom. The lowest BCUT2D eigenvalue weighted by atomic mass is 10.1. The number of pyridine rings is 1. The molecule has 1 atom stereocenters. The molecule has 27 heavy (non-hydrogen) atoms. The Morgan fingerprint density at radius 3 is 2.81 bits per heavy atom. The van der Waals surface area contributed by atoms with E-state index in [9.17, 15) is 4.79 Å². The standard InChI is InChI=1S/C21H21N3O3/c1-14(23-15-8-9-19-20(13-15)27-12-4-11-26-19)21(25)24-18-7-2-6-17-16(18)5-3-10-22-17/h2-3,5-10,13-14,23H,4,11-12H2,1H3,(H,24,25). The van der Waals surface area contributed by atoms with Crippen LogP contribution in [0.1, 0.15) is 13.3 Å². The molecule has 1 aliphatic rings. The van der Waals surface area contributed by atoms with E-state index in [-0.39, 0.29) is 5.91 Å². The van der Waals surface area contributed by atoms with Gasteiger partial charge in [0, 0.05) is 29.8 Å². The van der Waals surface area contributed by atoms with Crippen molar-refractivity contribution >= 4 is 28.2 Å². The Balaban J connectivity index is 1.47. The molecule has 138 valence electrons. The third-order valence-electron chi connectivity index (χ3n) is 4.43. The van der Waals surface area contributed by atoms with Crippen LogP contribution in [0.3, 0.4) is 0 Å². The van der Waals surface area contributed by atoms with E-state index in [0.717, 1.165) is 34.4 Å². The number of carbonyl (C=O) groups excluding carboxylic acids is 1. The highest BCUT2D eigenvalue weighted by Crippen LogP contribution is 2.32. The second-order valence-electron chi connectivity index (χ2n) is 6.44. The fraction of sp³-hybridized carbons (Fsp3) is 0.238. The van der Waals surface area contributed by atoms with E-state index in [1.807, 2.05) is 55.5 Å². The lowest BCUT2D eigenvalue weighted by Crippen LogP contribution is -2.31. The Kier molecular flexibility index (Phi) is 4.78. The van der Waals surface area contributed by atoms with Crippen molar-refractivity contribution in [2.24, 2.45) is 0 Å². The number of amides is 1. The van der Waals surface area contributed by atoms with E-state index in [1.165, 1.54) is 0 Å². The number of aromatic nitrogens is 1. The summed E-state index contributed by atoms with van der Waals surface area (Å²) in [7, 11) is 0. The SMILES string of the molecule is CC(Nc1ccc2c(c1)OCCCO2)C(=O)Nc1cccc2ncccc12. The van der Waals surface area contributed by atoms with Gasteiger partial charge in [-0.15, -0.1) is 0 Å². The molecule has 0 fully saturated rings. The van der Waals surface area contributed by atoms with Crippen molar-refractivity contribution in [3.63, 3.8) is 0 Å². The molecule has 1 aromatic heterocycles. The van der Waals surface area contributed by atoms with Crippen LogP contribution in [0.15, 0.2) is 54.7 Å². The average Bonchev–Trinajstić information content (AvgIpc) is 2.93. The maximum atomic E-state index is 12.7. The second-order valence-corrected chi connectivity index (χ2v) is 6.44. The quantitative estimate of drug-likeness (QED) is 0.737. The van der Waals surface area contributed by atoms with Crippen LogP contribution in [0, 0.1) is 0 Å². The molecule has 0 aliphatic carbocycles. The second kappa shape index (κ2) is 7.53. The first-order chi connectivity index (χ1) is 13.2. The van der Waals surface area contributed by atoms with Crippen LogP contribution in [-0.4, -0.2) is 30.1 Å². The Morgan fingerprint density at radius 1 is 1.07 bits per heavy atom. The van der Waals surface area contributed by atoms with E-state index < -0.39 is 6.04 Å². The number of benzene rings is 2. The van der Waals surface area contributed by atoms with E-state index >= 15 is 0 Å². The van der Waals surface area contributed by atoms with Crippen LogP contribution in [0.25, 0.3) is 10.9 Å². The maximum absolute atomic E-state index is 12.7. The number of nitrogens with one attached hydrogen (secondary N) is 2. The zero-order valence-corrected chi connectivity index (χ0v) is 15.1. The minimum Gasteiger partial charge on any atom is -0.490 e. The van der Waals surface area contributed by atoms with Crippen molar-refractivity contribution in [3.05, 3.63) is 54.7 Å². The highest BCUT2D eigenvalue weighted by molar-refractivity contribution is 6.03. The number of fused-ring (bicyclic) bond motifs is 2. The minimum absolute atomic E-state index is 0.126. The van der Waals surface area contributed by atoms with Crippen molar-refractivity contribution in [3.8, 4) is 11.5 Å². The van der Waals surface area contributed by atoms with E-state index in [4.69, 9.17) is 9.47 Å². The number of hydrogen-bond acceptors (Lipinski definition) is 5. The fourth-order valence-corrected chi connectivity index (χ4v) is 3.02. The molecule has 6 nitrogen and oxygen atoms in total. The molecule has 0 saturated carbocycles. The summed E-state index contributed by atoms with van der Waals surface area (Å²) >= 11 is 0. The summed E-state index contributed by atoms with van der Waals surface area (Å²) in [5.74, 6) is 1.31. The van der Waals surface area contributed by atoms with Gasteiger partial charge < -0.3 is 20.1 Å². The van der Waals surface area contributed by atoms with Crippen LogP contribution >= 0.6 is 0 Å². The van der Waals surface area contributed by atoms with Gasteiger partial charge in [-0.3, -0.25) is 9.78 Å². The normalized spacial score (nSPS) is 14.3. The van der Waals surface area contributed by atoms with Gasteiger partial charge in [0.1, 0.15) is 6.04 Å². The van der Waals surface area contributed by atoms with Crippen molar-refractivity contribution in [1.82, 2.24) is 4.98 Å². The van der Waals surface area contributed by atoms with Crippen molar-refractivity contribution in [2.45, 2.75) is 19.4 Å². The van der Waals surface area contributed by atoms with E-state index in [2.05, 4.69) is 15.6 Å². The first-order valence-electron chi connectivity index (χ1n) is 9.01. The van der Waals surface area contributed by atoms with Crippen LogP contribution in [0.2, 0.25) is 0 Å². The Labute approximate surface area is 157 Å². The summed E-state index contributed by atoms with van der Waals surface area (Å²) in [6, 6.07) is 14.7. The molecule has 1 amide bonds. The Hall–Kier alpha value is -3.28. The first kappa shape index (κ1) is 17.1. The zero-order chi connectivity index (χ0) is 18.6. The number of anilines is 2. The molecular formula is C21H21N3O3. The summed E-state index contributed by atoms with van der Waals surface area (Å²) in [6.45, 7) is 3.10. The van der Waals surface area contributed by atoms with Gasteiger partial charge in [-0.25, -0.2) is 0 Å². The molecule has 0 bridgehead atoms. The number of nitrogens with zero attached hydrogens (tertiary/aromatic N) is 1. The molecule has 2 aromatic carbocycles. The smallest absolute Gasteiger partial charge is 0.246 e. The minimum atomic E-state index is -0.429. The summed E-state index contributed by atoms with van der Waals surface area (Å²) in [5.41, 5.74) is 2.40. The highest BCUT2D eigenvalue weighted by Gasteiger charge is 2.16. The molecule has 2 N–H and O–H groups in total. The maximum Gasteiger partial charge on any atom is 0.246 e. The molecular weight excluding hydrogens is 342 g/mol. The molecule has 0 radical (unpaired) electrons. The molecule has 3 aromatic rings. The van der Waals surface area contributed by atoms with Gasteiger partial charge in [0.2, 0.25) is 5.91 Å². The zero-order valence-electron chi connectivity index (χ0n) is 15.1. The molecule has 2 heterocycles. The number of carbonyl (C=O) groups is 1. The topological polar surface area (TPSA) is 72.5 Å². The third-order valence-corrected chi connectivity index (χ3v) is 4.43. The monoisotopic (exact) mass is 363 g/mol. The predicted molar refractivity (Wildman–Crippen MR) is 106 cm³/mol. The van der Waals surface area contributed by atoms with Crippen LogP contribution in [-0.2, 0) is 4.79 Å². The van der Waals surface area contributed by atoms with Gasteiger partial charge >= 0.3 is 0 Å². The number of rotatable bonds is 4. The molecule has 6 heteroatoms. The van der Waals surface area contributed by atoms with E-state index in [1.54, 1.807) is 6.20 Å². The molecule has 0 saturated heterocycles. The lowest BCUT2D eigenvalue weighted by Gasteiger charge is -2.17. The van der Waals surface area contributed by atoms with Crippen LogP contribution < -0.4 is 20.1 Å². The van der Waals surface area contributed by atoms with Crippen molar-refractivity contribution < 1.29 is 14.3 Å². The Bertz CT molecular complexity index is 969. The van der Waals surface area contributed by atoms with Gasteiger partial charge in [0.15, 0.2) is 11.5 Å². The fourth-order valence-electron chi connectivity index (χ4n) is 3.02. The van der Waals surface area contributed by atoms with Crippen molar-refractivity contribution in [2.75, 3.05) is 23.8 Å². The van der Waals surface area contributed by atoms with Gasteiger partial charge in [-0.2, -0.15) is 0 Å². The lowest BCUT2D eigenvalue weighted by molar-refractivity contribution is -0.116. The van der Waals surface area contributed by atoms with E-state index in [0.29, 0.717) is 19.0 Å². The molecule has 1 unspecified atom stereocenters. The highest BCUT2D eigenvalue weighted by atomic mass is 16.5. The third kappa shape index (κ3) is 3.79. The first-order valence-corrected chi connectivity index (χ1v) is 9.01. The average molecular weight is 363 g/mol. The predicted octanol–water partition coefficient (Wildman–Crippen LogP) is 3.84. The summed E-state index contributed by atoms with van der Waals surface area (Å²) in [5, 5.41) is 7.11. The summed E-state index contributed by atoms with van der Waals surface area (Å²) in [6.07, 6.45) is 2.60. The van der Waals surface area contributed by atoms with Crippen LogP contribution in [0.5, 0.6) is 11.5 Å². The molecule has 0 spiro atoms. The molecule has 4 rings (SSSR count). The summed E-state index contributed by atoms with van der Waals surface area (Å²) in [4.78, 5) is 17.0.